The fourth-order valence-corrected chi connectivity index (χ4v) is 6.25. The number of ether oxygens (including phenoxy) is 2. The smallest absolute Gasteiger partial charge is 0.267 e. The molecule has 6 aromatic rings. The molecule has 0 radical (unpaired) electrons. The van der Waals surface area contributed by atoms with Crippen LogP contribution in [0.25, 0.3) is 0 Å². The van der Waals surface area contributed by atoms with Crippen molar-refractivity contribution >= 4 is 58.0 Å². The van der Waals surface area contributed by atoms with Gasteiger partial charge in [-0.15, -0.1) is 35.7 Å². The van der Waals surface area contributed by atoms with Crippen molar-refractivity contribution in [2.75, 3.05) is 0 Å². The minimum atomic E-state index is -0.249. The minimum Gasteiger partial charge on any atom is -0.434 e. The van der Waals surface area contributed by atoms with E-state index in [1.54, 1.807) is 36.4 Å². The quantitative estimate of drug-likeness (QED) is 0.108. The zero-order chi connectivity index (χ0) is 37.4. The van der Waals surface area contributed by atoms with Gasteiger partial charge in [-0.25, -0.2) is 5.10 Å². The van der Waals surface area contributed by atoms with E-state index in [1.807, 2.05) is 27.7 Å². The van der Waals surface area contributed by atoms with Crippen molar-refractivity contribution in [3.05, 3.63) is 106 Å². The number of H-pyrrole nitrogens is 3. The van der Waals surface area contributed by atoms with Gasteiger partial charge in [-0.3, -0.25) is 4.79 Å². The van der Waals surface area contributed by atoms with E-state index in [1.165, 1.54) is 0 Å². The van der Waals surface area contributed by atoms with Crippen molar-refractivity contribution in [3.8, 4) is 23.3 Å². The van der Waals surface area contributed by atoms with Gasteiger partial charge in [0.05, 0.1) is 20.1 Å². The normalized spacial score (nSPS) is 11.1. The summed E-state index contributed by atoms with van der Waals surface area (Å²) in [7, 11) is 0. The summed E-state index contributed by atoms with van der Waals surface area (Å²) in [4.78, 5) is 11.8. The van der Waals surface area contributed by atoms with E-state index in [2.05, 4.69) is 61.6 Å². The van der Waals surface area contributed by atoms with Crippen LogP contribution < -0.4 is 15.0 Å². The Labute approximate surface area is 322 Å². The van der Waals surface area contributed by atoms with E-state index in [4.69, 9.17) is 67.5 Å². The first-order valence-corrected chi connectivity index (χ1v) is 17.7. The lowest BCUT2D eigenvalue weighted by molar-refractivity contribution is 0.452. The molecule has 2 aromatic carbocycles. The molecule has 0 aliphatic heterocycles. The van der Waals surface area contributed by atoms with E-state index in [-0.39, 0.29) is 34.9 Å². The molecule has 52 heavy (non-hydrogen) atoms. The molecule has 0 amide bonds. The van der Waals surface area contributed by atoms with Crippen molar-refractivity contribution < 1.29 is 9.47 Å². The van der Waals surface area contributed by atoms with Crippen molar-refractivity contribution in [1.29, 1.82) is 0 Å². The number of tetrazole rings is 2. The Morgan fingerprint density at radius 1 is 0.577 bits per heavy atom. The summed E-state index contributed by atoms with van der Waals surface area (Å²) in [5.74, 6) is 2.54. The molecule has 272 valence electrons. The summed E-state index contributed by atoms with van der Waals surface area (Å²) in [5.41, 5.74) is 3.00. The second kappa shape index (κ2) is 17.9. The number of benzene rings is 2. The molecule has 0 saturated heterocycles. The zero-order valence-corrected chi connectivity index (χ0v) is 31.9. The third-order valence-corrected chi connectivity index (χ3v) is 8.81. The first-order valence-electron chi connectivity index (χ1n) is 15.8. The Morgan fingerprint density at radius 3 is 1.48 bits per heavy atom. The molecule has 15 nitrogen and oxygen atoms in total. The monoisotopic (exact) mass is 806 g/mol. The maximum absolute atomic E-state index is 11.8. The molecule has 0 fully saturated rings. The van der Waals surface area contributed by atoms with Crippen LogP contribution in [0.3, 0.4) is 0 Å². The highest BCUT2D eigenvalue weighted by atomic mass is 35.5. The molecular weight excluding hydrogens is 778 g/mol. The van der Waals surface area contributed by atoms with Gasteiger partial charge in [-0.05, 0) is 65.6 Å². The summed E-state index contributed by atoms with van der Waals surface area (Å²) in [6.07, 6.45) is 2.53. The summed E-state index contributed by atoms with van der Waals surface area (Å²) in [6, 6.07) is 10.4. The first kappa shape index (κ1) is 38.8. The molecule has 6 rings (SSSR count). The lowest BCUT2D eigenvalue weighted by Gasteiger charge is -2.12. The van der Waals surface area contributed by atoms with E-state index in [9.17, 15) is 4.79 Å². The van der Waals surface area contributed by atoms with Gasteiger partial charge in [0.2, 0.25) is 11.8 Å². The minimum absolute atomic E-state index is 0.0301. The molecular formula is C32H31Cl5N12O3. The number of halogens is 5. The number of hydrogen-bond acceptors (Lipinski definition) is 12. The van der Waals surface area contributed by atoms with Gasteiger partial charge in [0, 0.05) is 30.5 Å². The number of rotatable bonds is 12. The van der Waals surface area contributed by atoms with Gasteiger partial charge < -0.3 is 9.47 Å². The van der Waals surface area contributed by atoms with Crippen molar-refractivity contribution in [1.82, 2.24) is 61.6 Å². The maximum Gasteiger partial charge on any atom is 0.267 e. The van der Waals surface area contributed by atoms with Crippen LogP contribution in [-0.4, -0.2) is 61.6 Å². The Hall–Kier alpha value is -4.41. The number of aromatic nitrogens is 12. The highest BCUT2D eigenvalue weighted by molar-refractivity contribution is 6.38. The Morgan fingerprint density at radius 2 is 1.04 bits per heavy atom. The van der Waals surface area contributed by atoms with Crippen LogP contribution in [-0.2, 0) is 25.7 Å². The van der Waals surface area contributed by atoms with Gasteiger partial charge in [0.25, 0.3) is 5.56 Å². The lowest BCUT2D eigenvalue weighted by Crippen LogP contribution is -2.15. The predicted molar refractivity (Wildman–Crippen MR) is 196 cm³/mol. The molecule has 0 spiro atoms. The largest absolute Gasteiger partial charge is 0.434 e. The summed E-state index contributed by atoms with van der Waals surface area (Å²) in [6.45, 7) is 7.83. The Balaban J connectivity index is 0.000000201. The predicted octanol–water partition coefficient (Wildman–Crippen LogP) is 7.94. The van der Waals surface area contributed by atoms with Crippen LogP contribution in [0.15, 0.2) is 41.2 Å². The van der Waals surface area contributed by atoms with Gasteiger partial charge in [-0.2, -0.15) is 10.4 Å². The maximum atomic E-state index is 11.8. The molecule has 4 heterocycles. The Kier molecular flexibility index (Phi) is 13.3. The molecule has 0 saturated carbocycles. The molecule has 0 unspecified atom stereocenters. The van der Waals surface area contributed by atoms with Crippen molar-refractivity contribution in [2.45, 2.75) is 65.2 Å². The van der Waals surface area contributed by atoms with Crippen LogP contribution in [0, 0.1) is 0 Å². The van der Waals surface area contributed by atoms with E-state index < -0.39 is 0 Å². The van der Waals surface area contributed by atoms with Crippen LogP contribution >= 0.6 is 58.0 Å². The van der Waals surface area contributed by atoms with Crippen LogP contribution in [0.1, 0.15) is 73.4 Å². The van der Waals surface area contributed by atoms with Gasteiger partial charge in [0.1, 0.15) is 0 Å². The molecule has 3 N–H and O–H groups in total. The fourth-order valence-electron chi connectivity index (χ4n) is 4.72. The molecule has 4 aromatic heterocycles. The van der Waals surface area contributed by atoms with E-state index >= 15 is 0 Å². The standard InChI is InChI=1S/C16H15Cl3N6O.C16H16Cl2N6O2/c1-8(2)10-7-14(22-23-16(10)19)26-15-11(17)5-9(6-12(15)18)3-4-13-20-24-25-21-13;1-8(2)10-7-14(21-22-16(10)25)26-15-11(17)5-9(6-12(15)18)3-4-13-19-23-24-20-13/h5-8H,3-4H2,1-2H3,(H,20,21,24,25);5-8H,3-4H2,1-2H3,(H,22,25)(H,19,20,23,24). The molecule has 20 heteroatoms. The second-order valence-corrected chi connectivity index (χ2v) is 13.9. The number of hydrogen-bond donors (Lipinski definition) is 3. The lowest BCUT2D eigenvalue weighted by atomic mass is 10.1. The van der Waals surface area contributed by atoms with Gasteiger partial charge in [-0.1, -0.05) is 96.1 Å². The van der Waals surface area contributed by atoms with Crippen molar-refractivity contribution in [2.24, 2.45) is 0 Å². The molecule has 0 aliphatic rings. The van der Waals surface area contributed by atoms with Gasteiger partial charge >= 0.3 is 0 Å². The van der Waals surface area contributed by atoms with E-state index in [0.717, 1.165) is 16.7 Å². The third kappa shape index (κ3) is 10.3. The SMILES string of the molecule is CC(C)c1cc(Oc2c(Cl)cc(CCc3nn[nH]n3)cc2Cl)n[nH]c1=O.CC(C)c1cc(Oc2c(Cl)cc(CCc3nn[nH]n3)cc2Cl)nnc1Cl. The van der Waals surface area contributed by atoms with Crippen molar-refractivity contribution in [3.63, 3.8) is 0 Å². The number of nitrogens with zero attached hydrogens (tertiary/aromatic N) is 9. The van der Waals surface area contributed by atoms with Gasteiger partial charge in [0.15, 0.2) is 28.3 Å². The first-order chi connectivity index (χ1) is 24.9. The molecule has 0 aliphatic carbocycles. The van der Waals surface area contributed by atoms with Crippen LogP contribution in [0.5, 0.6) is 23.3 Å². The molecule has 0 bridgehead atoms. The summed E-state index contributed by atoms with van der Waals surface area (Å²) >= 11 is 31.4. The van der Waals surface area contributed by atoms with E-state index in [0.29, 0.717) is 73.9 Å². The molecule has 0 atom stereocenters. The summed E-state index contributed by atoms with van der Waals surface area (Å²) < 4.78 is 11.5. The summed E-state index contributed by atoms with van der Waals surface area (Å²) in [5, 5.41) is 43.5. The zero-order valence-electron chi connectivity index (χ0n) is 28.1. The fraction of sp³-hybridized carbons (Fsp3) is 0.312. The Bertz CT molecular complexity index is 2120. The average molecular weight is 809 g/mol. The average Bonchev–Trinajstić information content (AvgIpc) is 3.83. The number of nitrogens with one attached hydrogen (secondary N) is 3. The number of aromatic amines is 3. The number of aryl methyl sites for hydroxylation is 4. The third-order valence-electron chi connectivity index (χ3n) is 7.39. The highest BCUT2D eigenvalue weighted by Gasteiger charge is 2.17. The second-order valence-electron chi connectivity index (χ2n) is 11.9. The van der Waals surface area contributed by atoms with Crippen LogP contribution in [0.4, 0.5) is 0 Å². The van der Waals surface area contributed by atoms with Crippen LogP contribution in [0.2, 0.25) is 25.2 Å². The highest BCUT2D eigenvalue weighted by Crippen LogP contribution is 2.39. The topological polar surface area (TPSA) is 199 Å².